The van der Waals surface area contributed by atoms with E-state index in [9.17, 15) is 0 Å². The molecule has 1 unspecified atom stereocenters. The molecule has 0 aliphatic carbocycles. The van der Waals surface area contributed by atoms with Crippen LogP contribution in [0, 0.1) is 0 Å². The maximum absolute atomic E-state index is 4.41. The van der Waals surface area contributed by atoms with E-state index < -0.39 is 0 Å². The van der Waals surface area contributed by atoms with Crippen LogP contribution in [0.4, 0.5) is 0 Å². The molecule has 1 aromatic carbocycles. The number of likely N-dealkylation sites (N-methyl/N-ethyl adjacent to an activating group) is 1. The fraction of sp³-hybridized carbons (Fsp3) is 0.389. The first kappa shape index (κ1) is 17.5. The highest BCUT2D eigenvalue weighted by molar-refractivity contribution is 7.10. The minimum absolute atomic E-state index is 0.344. The number of benzene rings is 1. The van der Waals surface area contributed by atoms with Crippen molar-refractivity contribution in [3.05, 3.63) is 58.3 Å². The van der Waals surface area contributed by atoms with Crippen LogP contribution in [0.25, 0.3) is 0 Å². The average Bonchev–Trinajstić information content (AvgIpc) is 3.06. The summed E-state index contributed by atoms with van der Waals surface area (Å²) in [5, 5.41) is 5.63. The van der Waals surface area contributed by atoms with Crippen molar-refractivity contribution in [3.63, 3.8) is 0 Å². The van der Waals surface area contributed by atoms with E-state index in [-0.39, 0.29) is 0 Å². The van der Waals surface area contributed by atoms with Crippen LogP contribution < -0.4 is 5.32 Å². The minimum atomic E-state index is 0.344. The number of hydrogen-bond donors (Lipinski definition) is 1. The number of hydrogen-bond acceptors (Lipinski definition) is 3. The monoisotopic (exact) mass is 330 g/mol. The molecule has 5 heteroatoms. The Morgan fingerprint density at radius 1 is 1.13 bits per heavy atom. The third-order valence-electron chi connectivity index (χ3n) is 3.78. The maximum Gasteiger partial charge on any atom is 0.193 e. The number of guanidine groups is 1. The van der Waals surface area contributed by atoms with Crippen LogP contribution in [0.5, 0.6) is 0 Å². The molecule has 0 saturated heterocycles. The van der Waals surface area contributed by atoms with E-state index in [4.69, 9.17) is 0 Å². The van der Waals surface area contributed by atoms with E-state index in [0.717, 1.165) is 19.0 Å². The van der Waals surface area contributed by atoms with Gasteiger partial charge in [0.2, 0.25) is 0 Å². The topological polar surface area (TPSA) is 30.9 Å². The van der Waals surface area contributed by atoms with Crippen molar-refractivity contribution in [2.45, 2.75) is 12.6 Å². The van der Waals surface area contributed by atoms with Gasteiger partial charge in [-0.25, -0.2) is 0 Å². The van der Waals surface area contributed by atoms with Gasteiger partial charge in [0.25, 0.3) is 0 Å². The van der Waals surface area contributed by atoms with Gasteiger partial charge in [-0.05, 0) is 31.1 Å². The summed E-state index contributed by atoms with van der Waals surface area (Å²) >= 11 is 1.79. The van der Waals surface area contributed by atoms with Gasteiger partial charge in [0.05, 0.1) is 6.04 Å². The third-order valence-corrected chi connectivity index (χ3v) is 4.76. The largest absolute Gasteiger partial charge is 0.354 e. The quantitative estimate of drug-likeness (QED) is 0.652. The Kier molecular flexibility index (Phi) is 6.62. The molecule has 0 amide bonds. The molecular formula is C18H26N4S. The fourth-order valence-corrected chi connectivity index (χ4v) is 3.45. The molecule has 0 spiro atoms. The predicted octanol–water partition coefficient (Wildman–Crippen LogP) is 3.06. The summed E-state index contributed by atoms with van der Waals surface area (Å²) in [6.45, 7) is 1.67. The van der Waals surface area contributed by atoms with E-state index in [1.54, 1.807) is 11.3 Å². The van der Waals surface area contributed by atoms with Crippen molar-refractivity contribution >= 4 is 17.3 Å². The summed E-state index contributed by atoms with van der Waals surface area (Å²) in [4.78, 5) is 10.2. The minimum Gasteiger partial charge on any atom is -0.354 e. The normalized spacial score (nSPS) is 13.2. The van der Waals surface area contributed by atoms with E-state index >= 15 is 0 Å². The summed E-state index contributed by atoms with van der Waals surface area (Å²) in [6.07, 6.45) is 0. The highest BCUT2D eigenvalue weighted by atomic mass is 32.1. The molecule has 1 aromatic heterocycles. The lowest BCUT2D eigenvalue weighted by atomic mass is 10.2. The standard InChI is InChI=1S/C18H26N4S/c1-19-18(22(4)14-15-9-6-5-7-10-15)20-13-16(21(2)3)17-11-8-12-23-17/h5-12,16H,13-14H2,1-4H3,(H,19,20). The average molecular weight is 331 g/mol. The third kappa shape index (κ3) is 5.08. The predicted molar refractivity (Wildman–Crippen MR) is 100 cm³/mol. The van der Waals surface area contributed by atoms with Crippen molar-refractivity contribution in [1.29, 1.82) is 0 Å². The van der Waals surface area contributed by atoms with Crippen LogP contribution in [0.1, 0.15) is 16.5 Å². The van der Waals surface area contributed by atoms with Crippen molar-refractivity contribution in [2.24, 2.45) is 4.99 Å². The van der Waals surface area contributed by atoms with E-state index in [1.807, 2.05) is 13.1 Å². The Bertz CT molecular complexity index is 593. The molecule has 1 N–H and O–H groups in total. The first-order valence-electron chi connectivity index (χ1n) is 7.77. The van der Waals surface area contributed by atoms with Crippen LogP contribution in [-0.4, -0.2) is 50.5 Å². The molecule has 1 heterocycles. The van der Waals surface area contributed by atoms with Crippen LogP contribution in [-0.2, 0) is 6.54 Å². The van der Waals surface area contributed by atoms with Gasteiger partial charge in [-0.2, -0.15) is 0 Å². The lowest BCUT2D eigenvalue weighted by molar-refractivity contribution is 0.299. The van der Waals surface area contributed by atoms with Gasteiger partial charge in [-0.1, -0.05) is 36.4 Å². The van der Waals surface area contributed by atoms with Gasteiger partial charge in [-0.3, -0.25) is 4.99 Å². The van der Waals surface area contributed by atoms with Gasteiger partial charge in [0.15, 0.2) is 5.96 Å². The Morgan fingerprint density at radius 3 is 2.43 bits per heavy atom. The summed E-state index contributed by atoms with van der Waals surface area (Å²) < 4.78 is 0. The van der Waals surface area contributed by atoms with Crippen molar-refractivity contribution in [2.75, 3.05) is 34.7 Å². The van der Waals surface area contributed by atoms with Gasteiger partial charge in [0.1, 0.15) is 0 Å². The summed E-state index contributed by atoms with van der Waals surface area (Å²) in [5.41, 5.74) is 1.28. The molecule has 0 aliphatic heterocycles. The first-order valence-corrected chi connectivity index (χ1v) is 8.65. The molecule has 0 radical (unpaired) electrons. The molecular weight excluding hydrogens is 304 g/mol. The molecule has 2 aromatic rings. The van der Waals surface area contributed by atoms with Crippen molar-refractivity contribution in [3.8, 4) is 0 Å². The number of aliphatic imine (C=N–C) groups is 1. The highest BCUT2D eigenvalue weighted by Crippen LogP contribution is 2.22. The Balaban J connectivity index is 1.96. The number of nitrogens with one attached hydrogen (secondary N) is 1. The van der Waals surface area contributed by atoms with E-state index in [1.165, 1.54) is 10.4 Å². The second kappa shape index (κ2) is 8.70. The van der Waals surface area contributed by atoms with Gasteiger partial charge < -0.3 is 15.1 Å². The molecule has 0 saturated carbocycles. The Labute approximate surface area is 143 Å². The van der Waals surface area contributed by atoms with Crippen molar-refractivity contribution < 1.29 is 0 Å². The van der Waals surface area contributed by atoms with Gasteiger partial charge in [0, 0.05) is 32.1 Å². The van der Waals surface area contributed by atoms with Crippen LogP contribution in [0.2, 0.25) is 0 Å². The Morgan fingerprint density at radius 2 is 1.87 bits per heavy atom. The molecule has 4 nitrogen and oxygen atoms in total. The van der Waals surface area contributed by atoms with Crippen molar-refractivity contribution in [1.82, 2.24) is 15.1 Å². The zero-order valence-electron chi connectivity index (χ0n) is 14.4. The number of thiophene rings is 1. The molecule has 2 rings (SSSR count). The zero-order chi connectivity index (χ0) is 16.7. The lowest BCUT2D eigenvalue weighted by Crippen LogP contribution is -2.42. The zero-order valence-corrected chi connectivity index (χ0v) is 15.2. The second-order valence-electron chi connectivity index (χ2n) is 5.76. The first-order chi connectivity index (χ1) is 11.1. The second-order valence-corrected chi connectivity index (χ2v) is 6.74. The maximum atomic E-state index is 4.41. The molecule has 0 bridgehead atoms. The van der Waals surface area contributed by atoms with Crippen LogP contribution in [0.3, 0.4) is 0 Å². The van der Waals surface area contributed by atoms with Gasteiger partial charge in [-0.15, -0.1) is 11.3 Å². The molecule has 0 aliphatic rings. The summed E-state index contributed by atoms with van der Waals surface area (Å²) in [5.74, 6) is 0.914. The molecule has 1 atom stereocenters. The molecule has 124 valence electrons. The molecule has 23 heavy (non-hydrogen) atoms. The smallest absolute Gasteiger partial charge is 0.193 e. The number of nitrogens with zero attached hydrogens (tertiary/aromatic N) is 3. The van der Waals surface area contributed by atoms with E-state index in [2.05, 4.69) is 83.0 Å². The van der Waals surface area contributed by atoms with E-state index in [0.29, 0.717) is 6.04 Å². The Hall–Kier alpha value is -1.85. The summed E-state index contributed by atoms with van der Waals surface area (Å²) in [7, 11) is 8.13. The van der Waals surface area contributed by atoms with Gasteiger partial charge >= 0.3 is 0 Å². The fourth-order valence-electron chi connectivity index (χ4n) is 2.52. The van der Waals surface area contributed by atoms with Crippen LogP contribution in [0.15, 0.2) is 52.8 Å². The lowest BCUT2D eigenvalue weighted by Gasteiger charge is -2.27. The number of rotatable bonds is 6. The van der Waals surface area contributed by atoms with Crippen LogP contribution >= 0.6 is 11.3 Å². The SMILES string of the molecule is CN=C(NCC(c1cccs1)N(C)C)N(C)Cc1ccccc1. The summed E-state index contributed by atoms with van der Waals surface area (Å²) in [6, 6.07) is 15.1. The highest BCUT2D eigenvalue weighted by Gasteiger charge is 2.16. The molecule has 0 fully saturated rings.